The lowest BCUT2D eigenvalue weighted by molar-refractivity contribution is -0.133. The Hall–Kier alpha value is -1.43. The van der Waals surface area contributed by atoms with Gasteiger partial charge in [0.15, 0.2) is 0 Å². The molecule has 3 N–H and O–H groups in total. The van der Waals surface area contributed by atoms with Crippen LogP contribution in [0.3, 0.4) is 0 Å². The summed E-state index contributed by atoms with van der Waals surface area (Å²) in [6.07, 6.45) is 0.688. The van der Waals surface area contributed by atoms with Crippen LogP contribution in [0.2, 0.25) is 0 Å². The maximum absolute atomic E-state index is 12.6. The summed E-state index contributed by atoms with van der Waals surface area (Å²) in [5.74, 6) is 0.146. The molecule has 0 aromatic heterocycles. The third kappa shape index (κ3) is 6.56. The van der Waals surface area contributed by atoms with Gasteiger partial charge in [-0.3, -0.25) is 4.79 Å². The molecule has 5 heteroatoms. The lowest BCUT2D eigenvalue weighted by Crippen LogP contribution is -2.48. The highest BCUT2D eigenvalue weighted by atomic mass is 16.5. The number of nitrogens with zero attached hydrogens (tertiary/aromatic N) is 1. The molecule has 0 bridgehead atoms. The van der Waals surface area contributed by atoms with Gasteiger partial charge in [-0.05, 0) is 25.8 Å². The first kappa shape index (κ1) is 18.6. The highest BCUT2D eigenvalue weighted by Crippen LogP contribution is 2.06. The second kappa shape index (κ2) is 11.2. The summed E-state index contributed by atoms with van der Waals surface area (Å²) in [6, 6.07) is 9.86. The summed E-state index contributed by atoms with van der Waals surface area (Å²) in [5, 5.41) is 3.32. The number of hydrogen-bond acceptors (Lipinski definition) is 4. The monoisotopic (exact) mass is 307 g/mol. The number of carbonyl (C=O) groups excluding carboxylic acids is 1. The van der Waals surface area contributed by atoms with Crippen molar-refractivity contribution in [3.8, 4) is 0 Å². The van der Waals surface area contributed by atoms with Crippen molar-refractivity contribution >= 4 is 5.91 Å². The van der Waals surface area contributed by atoms with Gasteiger partial charge in [0.1, 0.15) is 0 Å². The average molecular weight is 307 g/mol. The van der Waals surface area contributed by atoms with Gasteiger partial charge in [0, 0.05) is 26.2 Å². The Morgan fingerprint density at radius 2 is 1.91 bits per heavy atom. The molecule has 1 amide bonds. The maximum atomic E-state index is 12.6. The molecule has 0 unspecified atom stereocenters. The fourth-order valence-corrected chi connectivity index (χ4v) is 2.34. The minimum Gasteiger partial charge on any atom is -0.379 e. The highest BCUT2D eigenvalue weighted by Gasteiger charge is 2.22. The Balaban J connectivity index is 2.61. The maximum Gasteiger partial charge on any atom is 0.240 e. The van der Waals surface area contributed by atoms with Crippen LogP contribution >= 0.6 is 0 Å². The molecule has 5 nitrogen and oxygen atoms in total. The lowest BCUT2D eigenvalue weighted by Gasteiger charge is -2.26. The zero-order valence-electron chi connectivity index (χ0n) is 13.8. The molecule has 124 valence electrons. The minimum absolute atomic E-state index is 0.146. The second-order valence-corrected chi connectivity index (χ2v) is 5.11. The SMILES string of the molecule is CCN(CC)C(=O)[C@H](Cc1ccccc1)NCCOCCN. The summed E-state index contributed by atoms with van der Waals surface area (Å²) in [7, 11) is 0. The van der Waals surface area contributed by atoms with E-state index in [0.717, 1.165) is 18.7 Å². The highest BCUT2D eigenvalue weighted by molar-refractivity contribution is 5.82. The molecule has 1 aromatic carbocycles. The van der Waals surface area contributed by atoms with E-state index in [4.69, 9.17) is 10.5 Å². The second-order valence-electron chi connectivity index (χ2n) is 5.11. The van der Waals surface area contributed by atoms with E-state index < -0.39 is 0 Å². The number of hydrogen-bond donors (Lipinski definition) is 2. The van der Waals surface area contributed by atoms with Crippen molar-refractivity contribution in [3.63, 3.8) is 0 Å². The molecule has 0 radical (unpaired) electrons. The van der Waals surface area contributed by atoms with Gasteiger partial charge in [-0.2, -0.15) is 0 Å². The third-order valence-corrected chi connectivity index (χ3v) is 3.56. The number of carbonyl (C=O) groups is 1. The van der Waals surface area contributed by atoms with Crippen LogP contribution in [0.4, 0.5) is 0 Å². The van der Waals surface area contributed by atoms with Crippen LogP contribution in [-0.2, 0) is 16.0 Å². The number of amides is 1. The van der Waals surface area contributed by atoms with Gasteiger partial charge in [0.05, 0.1) is 19.3 Å². The van der Waals surface area contributed by atoms with Gasteiger partial charge in [0.2, 0.25) is 5.91 Å². The van der Waals surface area contributed by atoms with Crippen molar-refractivity contribution in [2.45, 2.75) is 26.3 Å². The minimum atomic E-state index is -0.219. The molecular weight excluding hydrogens is 278 g/mol. The third-order valence-electron chi connectivity index (χ3n) is 3.56. The molecule has 0 saturated carbocycles. The molecular formula is C17H29N3O2. The molecule has 0 fully saturated rings. The Labute approximate surface area is 133 Å². The normalized spacial score (nSPS) is 12.1. The summed E-state index contributed by atoms with van der Waals surface area (Å²) in [4.78, 5) is 14.5. The Morgan fingerprint density at radius 3 is 2.50 bits per heavy atom. The lowest BCUT2D eigenvalue weighted by atomic mass is 10.0. The summed E-state index contributed by atoms with van der Waals surface area (Å²) >= 11 is 0. The number of nitrogens with one attached hydrogen (secondary N) is 1. The van der Waals surface area contributed by atoms with Crippen molar-refractivity contribution in [1.82, 2.24) is 10.2 Å². The van der Waals surface area contributed by atoms with E-state index in [1.165, 1.54) is 0 Å². The summed E-state index contributed by atoms with van der Waals surface area (Å²) in [6.45, 7) is 7.74. The summed E-state index contributed by atoms with van der Waals surface area (Å²) < 4.78 is 5.36. The largest absolute Gasteiger partial charge is 0.379 e. The molecule has 22 heavy (non-hydrogen) atoms. The van der Waals surface area contributed by atoms with E-state index in [2.05, 4.69) is 17.4 Å². The van der Waals surface area contributed by atoms with Gasteiger partial charge < -0.3 is 20.7 Å². The zero-order valence-corrected chi connectivity index (χ0v) is 13.8. The van der Waals surface area contributed by atoms with Crippen LogP contribution in [0.1, 0.15) is 19.4 Å². The van der Waals surface area contributed by atoms with Crippen LogP contribution < -0.4 is 11.1 Å². The quantitative estimate of drug-likeness (QED) is 0.599. The fourth-order valence-electron chi connectivity index (χ4n) is 2.34. The van der Waals surface area contributed by atoms with Crippen LogP contribution in [0.25, 0.3) is 0 Å². The summed E-state index contributed by atoms with van der Waals surface area (Å²) in [5.41, 5.74) is 6.55. The van der Waals surface area contributed by atoms with Crippen molar-refractivity contribution in [2.24, 2.45) is 5.73 Å². The van der Waals surface area contributed by atoms with Crippen molar-refractivity contribution in [1.29, 1.82) is 0 Å². The molecule has 0 aliphatic carbocycles. The van der Waals surface area contributed by atoms with Crippen LogP contribution in [0, 0.1) is 0 Å². The van der Waals surface area contributed by atoms with Crippen molar-refractivity contribution in [3.05, 3.63) is 35.9 Å². The molecule has 0 aliphatic rings. The van der Waals surface area contributed by atoms with E-state index in [0.29, 0.717) is 32.7 Å². The topological polar surface area (TPSA) is 67.6 Å². The molecule has 1 aromatic rings. The first-order chi connectivity index (χ1) is 10.7. The van der Waals surface area contributed by atoms with Crippen LogP contribution in [0.5, 0.6) is 0 Å². The van der Waals surface area contributed by atoms with Crippen LogP contribution in [-0.4, -0.2) is 56.2 Å². The number of likely N-dealkylation sites (N-methyl/N-ethyl adjacent to an activating group) is 1. The number of ether oxygens (including phenoxy) is 1. The fraction of sp³-hybridized carbons (Fsp3) is 0.588. The smallest absolute Gasteiger partial charge is 0.240 e. The van der Waals surface area contributed by atoms with E-state index in [1.54, 1.807) is 0 Å². The zero-order chi connectivity index (χ0) is 16.2. The van der Waals surface area contributed by atoms with Crippen LogP contribution in [0.15, 0.2) is 30.3 Å². The molecule has 0 saturated heterocycles. The van der Waals surface area contributed by atoms with Gasteiger partial charge >= 0.3 is 0 Å². The van der Waals surface area contributed by atoms with E-state index >= 15 is 0 Å². The molecule has 0 spiro atoms. The van der Waals surface area contributed by atoms with Gasteiger partial charge in [0.25, 0.3) is 0 Å². The Bertz CT molecular complexity index is 408. The Morgan fingerprint density at radius 1 is 1.23 bits per heavy atom. The predicted molar refractivity (Wildman–Crippen MR) is 89.7 cm³/mol. The van der Waals surface area contributed by atoms with E-state index in [9.17, 15) is 4.79 Å². The van der Waals surface area contributed by atoms with Crippen molar-refractivity contribution in [2.75, 3.05) is 39.4 Å². The first-order valence-corrected chi connectivity index (χ1v) is 8.06. The molecule has 1 rings (SSSR count). The molecule has 1 atom stereocenters. The number of rotatable bonds is 11. The van der Waals surface area contributed by atoms with Crippen molar-refractivity contribution < 1.29 is 9.53 Å². The predicted octanol–water partition coefficient (Wildman–Crippen LogP) is 1.03. The van der Waals surface area contributed by atoms with Gasteiger partial charge in [-0.1, -0.05) is 30.3 Å². The average Bonchev–Trinajstić information content (AvgIpc) is 2.55. The van der Waals surface area contributed by atoms with Gasteiger partial charge in [-0.15, -0.1) is 0 Å². The van der Waals surface area contributed by atoms with E-state index in [-0.39, 0.29) is 11.9 Å². The number of nitrogens with two attached hydrogens (primary N) is 1. The molecule has 0 aliphatic heterocycles. The van der Waals surface area contributed by atoms with Gasteiger partial charge in [-0.25, -0.2) is 0 Å². The Kier molecular flexibility index (Phi) is 9.46. The number of benzene rings is 1. The molecule has 0 heterocycles. The van der Waals surface area contributed by atoms with E-state index in [1.807, 2.05) is 36.9 Å². The first-order valence-electron chi connectivity index (χ1n) is 8.06. The standard InChI is InChI=1S/C17H29N3O2/c1-3-20(4-2)17(21)16(19-11-13-22-12-10-18)14-15-8-6-5-7-9-15/h5-9,16,19H,3-4,10-14,18H2,1-2H3/t16-/m0/s1.